The average Bonchev–Trinajstić information content (AvgIpc) is 2.29. The van der Waals surface area contributed by atoms with Crippen LogP contribution < -0.4 is 0 Å². The fraction of sp³-hybridized carbons (Fsp3) is 0.308. The summed E-state index contributed by atoms with van der Waals surface area (Å²) in [7, 11) is 1.62. The average molecular weight is 202 g/mol. The van der Waals surface area contributed by atoms with Gasteiger partial charge in [-0.2, -0.15) is 0 Å². The highest BCUT2D eigenvalue weighted by Gasteiger charge is 2.22. The van der Waals surface area contributed by atoms with Crippen molar-refractivity contribution in [1.29, 1.82) is 0 Å². The van der Waals surface area contributed by atoms with Gasteiger partial charge in [-0.1, -0.05) is 30.3 Å². The number of carbonyl (C=O) groups is 1. The lowest BCUT2D eigenvalue weighted by Gasteiger charge is -2.21. The molecule has 15 heavy (non-hydrogen) atoms. The Morgan fingerprint density at radius 3 is 2.60 bits per heavy atom. The monoisotopic (exact) mass is 202 g/mol. The van der Waals surface area contributed by atoms with E-state index in [0.717, 1.165) is 12.2 Å². The molecule has 1 aliphatic carbocycles. The molecule has 0 heterocycles. The van der Waals surface area contributed by atoms with E-state index in [9.17, 15) is 4.79 Å². The molecule has 0 N–H and O–H groups in total. The van der Waals surface area contributed by atoms with E-state index in [1.165, 1.54) is 5.56 Å². The van der Waals surface area contributed by atoms with Crippen LogP contribution in [0.1, 0.15) is 24.3 Å². The van der Waals surface area contributed by atoms with Crippen molar-refractivity contribution < 1.29 is 9.53 Å². The lowest BCUT2D eigenvalue weighted by Crippen LogP contribution is -2.13. The number of rotatable bonds is 2. The summed E-state index contributed by atoms with van der Waals surface area (Å²) >= 11 is 0. The minimum Gasteiger partial charge on any atom is -0.501 e. The van der Waals surface area contributed by atoms with Crippen molar-refractivity contribution >= 4 is 5.78 Å². The van der Waals surface area contributed by atoms with Crippen molar-refractivity contribution in [3.63, 3.8) is 0 Å². The minimum absolute atomic E-state index is 0.159. The lowest BCUT2D eigenvalue weighted by molar-refractivity contribution is -0.115. The van der Waals surface area contributed by atoms with Crippen molar-refractivity contribution in [2.75, 3.05) is 7.11 Å². The van der Waals surface area contributed by atoms with E-state index >= 15 is 0 Å². The Kier molecular flexibility index (Phi) is 2.86. The fourth-order valence-electron chi connectivity index (χ4n) is 1.96. The van der Waals surface area contributed by atoms with E-state index in [1.807, 2.05) is 18.2 Å². The summed E-state index contributed by atoms with van der Waals surface area (Å²) in [6.45, 7) is 0. The summed E-state index contributed by atoms with van der Waals surface area (Å²) in [5.74, 6) is 1.23. The van der Waals surface area contributed by atoms with Gasteiger partial charge in [-0.25, -0.2) is 0 Å². The highest BCUT2D eigenvalue weighted by atomic mass is 16.5. The Balaban J connectivity index is 2.20. The second kappa shape index (κ2) is 4.30. The number of ketones is 1. The summed E-state index contributed by atoms with van der Waals surface area (Å²) in [5.41, 5.74) is 1.22. The highest BCUT2D eigenvalue weighted by molar-refractivity contribution is 5.91. The summed E-state index contributed by atoms with van der Waals surface area (Å²) in [4.78, 5) is 11.5. The first-order chi connectivity index (χ1) is 7.29. The Labute approximate surface area is 89.6 Å². The molecule has 0 aromatic heterocycles. The van der Waals surface area contributed by atoms with Gasteiger partial charge < -0.3 is 4.74 Å². The first-order valence-corrected chi connectivity index (χ1v) is 5.12. The van der Waals surface area contributed by atoms with E-state index < -0.39 is 0 Å². The molecule has 0 aliphatic heterocycles. The van der Waals surface area contributed by atoms with E-state index in [1.54, 1.807) is 13.2 Å². The van der Waals surface area contributed by atoms with Crippen LogP contribution in [0.25, 0.3) is 0 Å². The third kappa shape index (κ3) is 2.27. The van der Waals surface area contributed by atoms with Crippen LogP contribution in [0.2, 0.25) is 0 Å². The molecule has 0 radical (unpaired) electrons. The van der Waals surface area contributed by atoms with Crippen LogP contribution in [0.4, 0.5) is 0 Å². The largest absolute Gasteiger partial charge is 0.501 e. The first-order valence-electron chi connectivity index (χ1n) is 5.12. The molecule has 2 nitrogen and oxygen atoms in total. The number of allylic oxidation sites excluding steroid dienone is 2. The van der Waals surface area contributed by atoms with Crippen molar-refractivity contribution in [3.8, 4) is 0 Å². The van der Waals surface area contributed by atoms with Crippen molar-refractivity contribution in [2.24, 2.45) is 0 Å². The summed E-state index contributed by atoms with van der Waals surface area (Å²) in [6, 6.07) is 10.1. The number of methoxy groups -OCH3 is 1. The topological polar surface area (TPSA) is 26.3 Å². The maximum absolute atomic E-state index is 11.5. The molecule has 1 aromatic rings. The molecule has 0 bridgehead atoms. The molecule has 1 aliphatic rings. The Bertz CT molecular complexity index is 379. The minimum atomic E-state index is 0.159. The van der Waals surface area contributed by atoms with Crippen LogP contribution in [0.3, 0.4) is 0 Å². The molecule has 2 rings (SSSR count). The van der Waals surface area contributed by atoms with Crippen LogP contribution >= 0.6 is 0 Å². The SMILES string of the molecule is COC1=CC(=O)CC(c2ccccc2)C1. The van der Waals surface area contributed by atoms with E-state index in [2.05, 4.69) is 12.1 Å². The van der Waals surface area contributed by atoms with Crippen LogP contribution in [0.5, 0.6) is 0 Å². The molecule has 0 saturated carbocycles. The van der Waals surface area contributed by atoms with Crippen molar-refractivity contribution in [3.05, 3.63) is 47.7 Å². The van der Waals surface area contributed by atoms with Crippen molar-refractivity contribution in [1.82, 2.24) is 0 Å². The van der Waals surface area contributed by atoms with Gasteiger partial charge in [0.05, 0.1) is 12.9 Å². The highest BCUT2D eigenvalue weighted by Crippen LogP contribution is 2.31. The van der Waals surface area contributed by atoms with Gasteiger partial charge in [0.1, 0.15) is 0 Å². The number of benzene rings is 1. The van der Waals surface area contributed by atoms with Crippen molar-refractivity contribution in [2.45, 2.75) is 18.8 Å². The molecule has 0 spiro atoms. The van der Waals surface area contributed by atoms with Gasteiger partial charge in [0.2, 0.25) is 0 Å². The summed E-state index contributed by atoms with van der Waals surface area (Å²) in [6.07, 6.45) is 3.03. The fourth-order valence-corrected chi connectivity index (χ4v) is 1.96. The second-order valence-electron chi connectivity index (χ2n) is 3.80. The third-order valence-electron chi connectivity index (χ3n) is 2.75. The normalized spacial score (nSPS) is 21.0. The first kappa shape index (κ1) is 9.97. The van der Waals surface area contributed by atoms with Crippen LogP contribution in [0.15, 0.2) is 42.2 Å². The van der Waals surface area contributed by atoms with Gasteiger partial charge >= 0.3 is 0 Å². The smallest absolute Gasteiger partial charge is 0.159 e. The molecule has 0 amide bonds. The lowest BCUT2D eigenvalue weighted by atomic mass is 9.86. The zero-order valence-electron chi connectivity index (χ0n) is 8.77. The van der Waals surface area contributed by atoms with Gasteiger partial charge in [-0.3, -0.25) is 4.79 Å². The predicted molar refractivity (Wildman–Crippen MR) is 58.5 cm³/mol. The quantitative estimate of drug-likeness (QED) is 0.737. The van der Waals surface area contributed by atoms with Gasteiger partial charge in [0.25, 0.3) is 0 Å². The maximum atomic E-state index is 11.5. The zero-order chi connectivity index (χ0) is 10.7. The van der Waals surface area contributed by atoms with E-state index in [-0.39, 0.29) is 11.7 Å². The van der Waals surface area contributed by atoms with Crippen LogP contribution in [0, 0.1) is 0 Å². The molecule has 0 saturated heterocycles. The molecule has 0 fully saturated rings. The van der Waals surface area contributed by atoms with Gasteiger partial charge in [-0.15, -0.1) is 0 Å². The summed E-state index contributed by atoms with van der Waals surface area (Å²) < 4.78 is 5.15. The second-order valence-corrected chi connectivity index (χ2v) is 3.80. The number of hydrogen-bond acceptors (Lipinski definition) is 2. The maximum Gasteiger partial charge on any atom is 0.159 e. The predicted octanol–water partition coefficient (Wildman–Crippen LogP) is 2.66. The molecular formula is C13H14O2. The number of carbonyl (C=O) groups excluding carboxylic acids is 1. The van der Waals surface area contributed by atoms with Gasteiger partial charge in [0, 0.05) is 18.9 Å². The molecule has 2 heteroatoms. The van der Waals surface area contributed by atoms with Gasteiger partial charge in [0.15, 0.2) is 5.78 Å². The third-order valence-corrected chi connectivity index (χ3v) is 2.75. The van der Waals surface area contributed by atoms with E-state index in [0.29, 0.717) is 6.42 Å². The Morgan fingerprint density at radius 1 is 1.20 bits per heavy atom. The van der Waals surface area contributed by atoms with E-state index in [4.69, 9.17) is 4.74 Å². The van der Waals surface area contributed by atoms with Crippen LogP contribution in [-0.4, -0.2) is 12.9 Å². The summed E-state index contributed by atoms with van der Waals surface area (Å²) in [5, 5.41) is 0. The molecular weight excluding hydrogens is 188 g/mol. The van der Waals surface area contributed by atoms with Gasteiger partial charge in [-0.05, 0) is 11.5 Å². The van der Waals surface area contributed by atoms with Crippen LogP contribution in [-0.2, 0) is 9.53 Å². The molecule has 1 atom stereocenters. The number of hydrogen-bond donors (Lipinski definition) is 0. The molecule has 78 valence electrons. The molecule has 1 aromatic carbocycles. The Hall–Kier alpha value is -1.57. The Morgan fingerprint density at radius 2 is 1.93 bits per heavy atom. The zero-order valence-corrected chi connectivity index (χ0v) is 8.77. The molecule has 1 unspecified atom stereocenters. The number of ether oxygens (including phenoxy) is 1. The standard InChI is InChI=1S/C13H14O2/c1-15-13-8-11(7-12(14)9-13)10-5-3-2-4-6-10/h2-6,9,11H,7-8H2,1H3.